The molecule has 0 unspecified atom stereocenters. The number of amides is 1. The Balaban J connectivity index is 2.05. The largest absolute Gasteiger partial charge is 0.380 e. The maximum Gasteiger partial charge on any atom is 0.268 e. The van der Waals surface area contributed by atoms with E-state index >= 15 is 0 Å². The van der Waals surface area contributed by atoms with E-state index in [4.69, 9.17) is 4.74 Å². The first-order valence-corrected chi connectivity index (χ1v) is 6.24. The van der Waals surface area contributed by atoms with Crippen molar-refractivity contribution in [3.63, 3.8) is 0 Å². The molecule has 0 saturated carbocycles. The molecule has 5 nitrogen and oxygen atoms in total. The van der Waals surface area contributed by atoms with Crippen LogP contribution in [0, 0.1) is 0 Å². The molecule has 1 aromatic carbocycles. The number of aromatic nitrogens is 1. The van der Waals surface area contributed by atoms with E-state index in [2.05, 4.69) is 10.3 Å². The number of methoxy groups -OCH3 is 1. The molecule has 2 N–H and O–H groups in total. The number of benzene rings is 1. The Hall–Kier alpha value is -2.40. The molecule has 1 aromatic heterocycles. The number of carbonyl (C=O) groups is 1. The van der Waals surface area contributed by atoms with E-state index in [-0.39, 0.29) is 17.2 Å². The number of hydrogen-bond acceptors (Lipinski definition) is 3. The van der Waals surface area contributed by atoms with Crippen LogP contribution in [0.5, 0.6) is 0 Å². The van der Waals surface area contributed by atoms with Crippen molar-refractivity contribution < 1.29 is 9.53 Å². The Morgan fingerprint density at radius 1 is 1.15 bits per heavy atom. The lowest BCUT2D eigenvalue weighted by molar-refractivity contribution is 0.0945. The third kappa shape index (κ3) is 3.55. The summed E-state index contributed by atoms with van der Waals surface area (Å²) in [6, 6.07) is 12.2. The summed E-state index contributed by atoms with van der Waals surface area (Å²) in [5.74, 6) is -0.310. The zero-order chi connectivity index (χ0) is 14.4. The molecule has 0 bridgehead atoms. The van der Waals surface area contributed by atoms with Gasteiger partial charge >= 0.3 is 0 Å². The van der Waals surface area contributed by atoms with Crippen LogP contribution in [0.15, 0.2) is 47.3 Å². The zero-order valence-electron chi connectivity index (χ0n) is 11.2. The molecule has 0 aliphatic carbocycles. The van der Waals surface area contributed by atoms with Gasteiger partial charge < -0.3 is 15.0 Å². The van der Waals surface area contributed by atoms with Crippen LogP contribution >= 0.6 is 0 Å². The van der Waals surface area contributed by atoms with E-state index < -0.39 is 0 Å². The molecular formula is C15H16N2O3. The summed E-state index contributed by atoms with van der Waals surface area (Å²) >= 11 is 0. The van der Waals surface area contributed by atoms with Gasteiger partial charge in [-0.3, -0.25) is 9.59 Å². The summed E-state index contributed by atoms with van der Waals surface area (Å²) in [6.07, 6.45) is 0. The first-order valence-electron chi connectivity index (χ1n) is 6.24. The molecule has 5 heteroatoms. The van der Waals surface area contributed by atoms with Gasteiger partial charge in [-0.1, -0.05) is 30.3 Å². The highest BCUT2D eigenvalue weighted by molar-refractivity contribution is 5.92. The average Bonchev–Trinajstić information content (AvgIpc) is 2.46. The van der Waals surface area contributed by atoms with Crippen LogP contribution in [0.1, 0.15) is 21.6 Å². The van der Waals surface area contributed by atoms with Crippen LogP contribution in [0.25, 0.3) is 0 Å². The molecule has 0 spiro atoms. The van der Waals surface area contributed by atoms with E-state index in [1.54, 1.807) is 19.2 Å². The van der Waals surface area contributed by atoms with Crippen molar-refractivity contribution in [1.82, 2.24) is 10.3 Å². The Labute approximate surface area is 116 Å². The molecule has 0 radical (unpaired) electrons. The van der Waals surface area contributed by atoms with E-state index in [1.807, 2.05) is 24.3 Å². The van der Waals surface area contributed by atoms with E-state index in [1.165, 1.54) is 6.07 Å². The lowest BCUT2D eigenvalue weighted by atomic mass is 10.1. The number of hydrogen-bond donors (Lipinski definition) is 2. The zero-order valence-corrected chi connectivity index (χ0v) is 11.2. The first-order chi connectivity index (χ1) is 9.70. The van der Waals surface area contributed by atoms with Crippen molar-refractivity contribution >= 4 is 5.91 Å². The maximum atomic E-state index is 11.9. The fraction of sp³-hybridized carbons (Fsp3) is 0.200. The lowest BCUT2D eigenvalue weighted by Crippen LogP contribution is -2.26. The van der Waals surface area contributed by atoms with Crippen LogP contribution in [0.2, 0.25) is 0 Å². The number of rotatable bonds is 5. The molecule has 0 saturated heterocycles. The van der Waals surface area contributed by atoms with Crippen LogP contribution in [0.3, 0.4) is 0 Å². The van der Waals surface area contributed by atoms with Gasteiger partial charge in [0, 0.05) is 19.7 Å². The molecule has 0 aliphatic rings. The number of pyridine rings is 1. The van der Waals surface area contributed by atoms with Gasteiger partial charge in [0.05, 0.1) is 6.61 Å². The molecule has 104 valence electrons. The van der Waals surface area contributed by atoms with Gasteiger partial charge in [-0.15, -0.1) is 0 Å². The van der Waals surface area contributed by atoms with Gasteiger partial charge in [0.25, 0.3) is 5.91 Å². The maximum absolute atomic E-state index is 11.9. The summed E-state index contributed by atoms with van der Waals surface area (Å²) in [5, 5.41) is 2.78. The third-order valence-electron chi connectivity index (χ3n) is 2.87. The summed E-state index contributed by atoms with van der Waals surface area (Å²) in [4.78, 5) is 25.6. The first kappa shape index (κ1) is 14.0. The Bertz CT molecular complexity index is 649. The minimum Gasteiger partial charge on any atom is -0.380 e. The molecule has 2 aromatic rings. The van der Waals surface area contributed by atoms with Crippen molar-refractivity contribution in [3.05, 3.63) is 69.6 Å². The fourth-order valence-corrected chi connectivity index (χ4v) is 1.88. The van der Waals surface area contributed by atoms with Gasteiger partial charge in [0.15, 0.2) is 0 Å². The molecule has 1 amide bonds. The summed E-state index contributed by atoms with van der Waals surface area (Å²) in [5.41, 5.74) is 1.97. The second-order valence-electron chi connectivity index (χ2n) is 4.31. The van der Waals surface area contributed by atoms with Crippen LogP contribution in [-0.2, 0) is 17.9 Å². The second-order valence-corrected chi connectivity index (χ2v) is 4.31. The van der Waals surface area contributed by atoms with Crippen LogP contribution < -0.4 is 10.9 Å². The smallest absolute Gasteiger partial charge is 0.268 e. The quantitative estimate of drug-likeness (QED) is 0.865. The minimum absolute atomic E-state index is 0.252. The van der Waals surface area contributed by atoms with Gasteiger partial charge in [-0.05, 0) is 17.2 Å². The molecule has 1 heterocycles. The Morgan fingerprint density at radius 2 is 1.90 bits per heavy atom. The van der Waals surface area contributed by atoms with Gasteiger partial charge in [-0.25, -0.2) is 0 Å². The number of carbonyl (C=O) groups excluding carboxylic acids is 1. The van der Waals surface area contributed by atoms with Crippen molar-refractivity contribution in [1.29, 1.82) is 0 Å². The summed E-state index contributed by atoms with van der Waals surface area (Å²) in [7, 11) is 1.63. The van der Waals surface area contributed by atoms with Gasteiger partial charge in [0.2, 0.25) is 5.56 Å². The highest BCUT2D eigenvalue weighted by Crippen LogP contribution is 2.09. The molecule has 0 atom stereocenters. The Kier molecular flexibility index (Phi) is 4.68. The predicted molar refractivity (Wildman–Crippen MR) is 75.4 cm³/mol. The molecular weight excluding hydrogens is 256 g/mol. The summed E-state index contributed by atoms with van der Waals surface area (Å²) < 4.78 is 5.12. The van der Waals surface area contributed by atoms with Crippen molar-refractivity contribution in [2.45, 2.75) is 13.2 Å². The van der Waals surface area contributed by atoms with Gasteiger partial charge in [-0.2, -0.15) is 0 Å². The topological polar surface area (TPSA) is 71.2 Å². The fourth-order valence-electron chi connectivity index (χ4n) is 1.88. The average molecular weight is 272 g/mol. The standard InChI is InChI=1S/C15H16N2O3/c1-20-10-12-6-3-2-5-11(12)9-16-15(19)13-7-4-8-14(18)17-13/h2-8H,9-10H2,1H3,(H,16,19)(H,17,18). The van der Waals surface area contributed by atoms with E-state index in [0.29, 0.717) is 13.2 Å². The number of nitrogens with one attached hydrogen (secondary N) is 2. The SMILES string of the molecule is COCc1ccccc1CNC(=O)c1cccc(=O)[nH]1. The molecule has 2 rings (SSSR count). The lowest BCUT2D eigenvalue weighted by Gasteiger charge is -2.10. The van der Waals surface area contributed by atoms with Crippen molar-refractivity contribution in [3.8, 4) is 0 Å². The normalized spacial score (nSPS) is 10.2. The second kappa shape index (κ2) is 6.68. The molecule has 0 aliphatic heterocycles. The van der Waals surface area contributed by atoms with Crippen molar-refractivity contribution in [2.75, 3.05) is 7.11 Å². The van der Waals surface area contributed by atoms with Gasteiger partial charge in [0.1, 0.15) is 5.69 Å². The number of aromatic amines is 1. The van der Waals surface area contributed by atoms with E-state index in [9.17, 15) is 9.59 Å². The molecule has 0 fully saturated rings. The monoisotopic (exact) mass is 272 g/mol. The Morgan fingerprint density at radius 3 is 2.60 bits per heavy atom. The molecule has 20 heavy (non-hydrogen) atoms. The van der Waals surface area contributed by atoms with Crippen LogP contribution in [-0.4, -0.2) is 18.0 Å². The summed E-state index contributed by atoms with van der Waals surface area (Å²) in [6.45, 7) is 0.878. The number of ether oxygens (including phenoxy) is 1. The number of H-pyrrole nitrogens is 1. The highest BCUT2D eigenvalue weighted by Gasteiger charge is 2.07. The predicted octanol–water partition coefficient (Wildman–Crippen LogP) is 1.45. The third-order valence-corrected chi connectivity index (χ3v) is 2.87. The highest BCUT2D eigenvalue weighted by atomic mass is 16.5. The van der Waals surface area contributed by atoms with Crippen LogP contribution in [0.4, 0.5) is 0 Å². The van der Waals surface area contributed by atoms with E-state index in [0.717, 1.165) is 11.1 Å². The minimum atomic E-state index is -0.310. The van der Waals surface area contributed by atoms with Crippen molar-refractivity contribution in [2.24, 2.45) is 0 Å².